The molecular formula is C22H35FN4O2+2. The standard InChI is InChI=1S/C22H33FN4O2/c1-16-4-3-5-20(17(16)2)25-22(29)15-27-12-10-26(11-13-27)14-21(28)24-19-8-6-18(23)7-9-19/h6-9,16-17,20H,3-5,10-15H2,1-2H3,(H,24,28)(H,25,29)/p+2/t16-,17-,20-/m1/s1. The van der Waals surface area contributed by atoms with Crippen molar-refractivity contribution < 1.29 is 23.8 Å². The molecule has 0 unspecified atom stereocenters. The zero-order valence-electron chi connectivity index (χ0n) is 17.6. The van der Waals surface area contributed by atoms with Gasteiger partial charge in [0.1, 0.15) is 32.0 Å². The lowest BCUT2D eigenvalue weighted by Crippen LogP contribution is -3.28. The molecule has 1 saturated heterocycles. The molecule has 2 fully saturated rings. The van der Waals surface area contributed by atoms with Crippen LogP contribution in [-0.4, -0.2) is 57.1 Å². The molecule has 1 aromatic carbocycles. The van der Waals surface area contributed by atoms with E-state index >= 15 is 0 Å². The van der Waals surface area contributed by atoms with Crippen molar-refractivity contribution in [2.24, 2.45) is 11.8 Å². The molecule has 0 radical (unpaired) electrons. The minimum Gasteiger partial charge on any atom is -0.348 e. The minimum absolute atomic E-state index is 0.0618. The number of amides is 2. The number of quaternary nitrogens is 2. The third-order valence-corrected chi connectivity index (χ3v) is 6.67. The first-order valence-corrected chi connectivity index (χ1v) is 10.9. The van der Waals surface area contributed by atoms with Crippen LogP contribution < -0.4 is 20.4 Å². The molecule has 4 N–H and O–H groups in total. The Kier molecular flexibility index (Phi) is 7.61. The van der Waals surface area contributed by atoms with Crippen molar-refractivity contribution >= 4 is 17.5 Å². The Morgan fingerprint density at radius 3 is 2.17 bits per heavy atom. The van der Waals surface area contributed by atoms with Gasteiger partial charge in [-0.05, 0) is 42.5 Å². The van der Waals surface area contributed by atoms with Crippen molar-refractivity contribution in [3.05, 3.63) is 30.1 Å². The van der Waals surface area contributed by atoms with E-state index in [-0.39, 0.29) is 17.6 Å². The molecule has 6 nitrogen and oxygen atoms in total. The van der Waals surface area contributed by atoms with Gasteiger partial charge in [-0.2, -0.15) is 0 Å². The lowest BCUT2D eigenvalue weighted by atomic mass is 9.78. The van der Waals surface area contributed by atoms with Gasteiger partial charge in [0.05, 0.1) is 0 Å². The highest BCUT2D eigenvalue weighted by Crippen LogP contribution is 2.29. The summed E-state index contributed by atoms with van der Waals surface area (Å²) in [5, 5.41) is 6.08. The minimum atomic E-state index is -0.316. The Hall–Kier alpha value is -1.99. The smallest absolute Gasteiger partial charge is 0.279 e. The first-order chi connectivity index (χ1) is 13.9. The van der Waals surface area contributed by atoms with Crippen LogP contribution in [0.5, 0.6) is 0 Å². The van der Waals surface area contributed by atoms with Gasteiger partial charge in [-0.3, -0.25) is 9.59 Å². The number of halogens is 1. The second-order valence-corrected chi connectivity index (χ2v) is 8.85. The van der Waals surface area contributed by atoms with Gasteiger partial charge in [0, 0.05) is 11.7 Å². The molecule has 7 heteroatoms. The lowest BCUT2D eigenvalue weighted by Gasteiger charge is -2.35. The highest BCUT2D eigenvalue weighted by molar-refractivity contribution is 5.91. The average molecular weight is 407 g/mol. The molecule has 29 heavy (non-hydrogen) atoms. The van der Waals surface area contributed by atoms with Crippen LogP contribution in [0.2, 0.25) is 0 Å². The van der Waals surface area contributed by atoms with Crippen LogP contribution in [0.25, 0.3) is 0 Å². The van der Waals surface area contributed by atoms with Gasteiger partial charge in [0.15, 0.2) is 13.1 Å². The van der Waals surface area contributed by atoms with E-state index in [9.17, 15) is 14.0 Å². The number of carbonyl (C=O) groups is 2. The molecule has 1 aliphatic heterocycles. The third kappa shape index (κ3) is 6.51. The molecule has 3 rings (SSSR count). The lowest BCUT2D eigenvalue weighted by molar-refractivity contribution is -1.00. The van der Waals surface area contributed by atoms with E-state index in [0.717, 1.165) is 32.6 Å². The van der Waals surface area contributed by atoms with Gasteiger partial charge >= 0.3 is 0 Å². The van der Waals surface area contributed by atoms with E-state index in [0.29, 0.717) is 36.7 Å². The Morgan fingerprint density at radius 1 is 0.966 bits per heavy atom. The van der Waals surface area contributed by atoms with E-state index in [1.165, 1.54) is 34.8 Å². The zero-order valence-corrected chi connectivity index (χ0v) is 17.6. The number of hydrogen-bond donors (Lipinski definition) is 4. The summed E-state index contributed by atoms with van der Waals surface area (Å²) >= 11 is 0. The summed E-state index contributed by atoms with van der Waals surface area (Å²) in [4.78, 5) is 27.2. The highest BCUT2D eigenvalue weighted by Gasteiger charge is 2.30. The van der Waals surface area contributed by atoms with Crippen LogP contribution in [-0.2, 0) is 9.59 Å². The van der Waals surface area contributed by atoms with Gasteiger partial charge in [-0.1, -0.05) is 26.7 Å². The number of rotatable bonds is 6. The van der Waals surface area contributed by atoms with E-state index < -0.39 is 0 Å². The summed E-state index contributed by atoms with van der Waals surface area (Å²) in [6.45, 7) is 8.98. The highest BCUT2D eigenvalue weighted by atomic mass is 19.1. The summed E-state index contributed by atoms with van der Waals surface area (Å²) in [6, 6.07) is 6.12. The first kappa shape index (κ1) is 21.7. The summed E-state index contributed by atoms with van der Waals surface area (Å²) in [6.07, 6.45) is 3.55. The molecule has 1 aromatic rings. The number of hydrogen-bond acceptors (Lipinski definition) is 2. The number of nitrogens with one attached hydrogen (secondary N) is 4. The Morgan fingerprint density at radius 2 is 1.55 bits per heavy atom. The van der Waals surface area contributed by atoms with Crippen molar-refractivity contribution in [2.75, 3.05) is 44.6 Å². The largest absolute Gasteiger partial charge is 0.348 e. The topological polar surface area (TPSA) is 67.1 Å². The fourth-order valence-electron chi connectivity index (χ4n) is 4.55. The number of carbonyl (C=O) groups excluding carboxylic acids is 2. The average Bonchev–Trinajstić information content (AvgIpc) is 2.69. The maximum Gasteiger partial charge on any atom is 0.279 e. The van der Waals surface area contributed by atoms with Crippen molar-refractivity contribution in [1.29, 1.82) is 0 Å². The van der Waals surface area contributed by atoms with Gasteiger partial charge in [-0.25, -0.2) is 4.39 Å². The van der Waals surface area contributed by atoms with Crippen molar-refractivity contribution in [3.63, 3.8) is 0 Å². The molecule has 1 saturated carbocycles. The number of piperazine rings is 1. The van der Waals surface area contributed by atoms with Crippen molar-refractivity contribution in [2.45, 2.75) is 39.2 Å². The monoisotopic (exact) mass is 406 g/mol. The summed E-state index contributed by atoms with van der Waals surface area (Å²) in [5.41, 5.74) is 0.614. The van der Waals surface area contributed by atoms with Gasteiger partial charge in [-0.15, -0.1) is 0 Å². The molecule has 1 aliphatic carbocycles. The SMILES string of the molecule is C[C@@H]1[C@H](C)CCC[C@H]1NC(=O)C[NH+]1CC[NH+](CC(=O)Nc2ccc(F)cc2)CC1. The second kappa shape index (κ2) is 10.2. The molecular weight excluding hydrogens is 371 g/mol. The number of anilines is 1. The maximum atomic E-state index is 12.9. The molecule has 0 spiro atoms. The number of benzene rings is 1. The maximum absolute atomic E-state index is 12.9. The molecule has 160 valence electrons. The van der Waals surface area contributed by atoms with Crippen LogP contribution in [0.15, 0.2) is 24.3 Å². The van der Waals surface area contributed by atoms with E-state index in [4.69, 9.17) is 0 Å². The van der Waals surface area contributed by atoms with Gasteiger partial charge < -0.3 is 20.4 Å². The van der Waals surface area contributed by atoms with Crippen LogP contribution >= 0.6 is 0 Å². The van der Waals surface area contributed by atoms with Crippen LogP contribution in [0, 0.1) is 17.7 Å². The van der Waals surface area contributed by atoms with Crippen LogP contribution in [0.1, 0.15) is 33.1 Å². The van der Waals surface area contributed by atoms with Gasteiger partial charge in [0.2, 0.25) is 0 Å². The van der Waals surface area contributed by atoms with Gasteiger partial charge in [0.25, 0.3) is 11.8 Å². The van der Waals surface area contributed by atoms with Crippen molar-refractivity contribution in [3.8, 4) is 0 Å². The van der Waals surface area contributed by atoms with Crippen LogP contribution in [0.4, 0.5) is 10.1 Å². The normalized spacial score (nSPS) is 29.8. The molecule has 0 bridgehead atoms. The molecule has 2 aliphatic rings. The Labute approximate surface area is 172 Å². The predicted molar refractivity (Wildman–Crippen MR) is 110 cm³/mol. The summed E-state index contributed by atoms with van der Waals surface area (Å²) < 4.78 is 12.9. The fourth-order valence-corrected chi connectivity index (χ4v) is 4.55. The van der Waals surface area contributed by atoms with E-state index in [1.54, 1.807) is 12.1 Å². The summed E-state index contributed by atoms with van der Waals surface area (Å²) in [5.74, 6) is 0.999. The molecule has 3 atom stereocenters. The van der Waals surface area contributed by atoms with E-state index in [1.807, 2.05) is 0 Å². The first-order valence-electron chi connectivity index (χ1n) is 10.9. The molecule has 0 aromatic heterocycles. The Balaban J connectivity index is 1.36. The zero-order chi connectivity index (χ0) is 20.8. The van der Waals surface area contributed by atoms with Crippen molar-refractivity contribution in [1.82, 2.24) is 5.32 Å². The third-order valence-electron chi connectivity index (χ3n) is 6.67. The quantitative estimate of drug-likeness (QED) is 0.514. The molecule has 2 amide bonds. The predicted octanol–water partition coefficient (Wildman–Crippen LogP) is -0.511. The Bertz CT molecular complexity index is 689. The van der Waals surface area contributed by atoms with E-state index in [2.05, 4.69) is 24.5 Å². The summed E-state index contributed by atoms with van der Waals surface area (Å²) in [7, 11) is 0. The fraction of sp³-hybridized carbons (Fsp3) is 0.636. The second-order valence-electron chi connectivity index (χ2n) is 8.85. The molecule has 1 heterocycles. The van der Waals surface area contributed by atoms with Crippen LogP contribution in [0.3, 0.4) is 0 Å².